The molecule has 4 nitrogen and oxygen atoms in total. The van der Waals surface area contributed by atoms with Gasteiger partial charge in [-0.1, -0.05) is 135 Å². The van der Waals surface area contributed by atoms with Gasteiger partial charge in [-0.3, -0.25) is 0 Å². The summed E-state index contributed by atoms with van der Waals surface area (Å²) in [5, 5.41) is 11.6. The molecule has 4 heteroatoms. The zero-order chi connectivity index (χ0) is 34.8. The molecule has 6 aromatic carbocycles. The lowest BCUT2D eigenvalue weighted by Crippen LogP contribution is -2.36. The van der Waals surface area contributed by atoms with Gasteiger partial charge in [0.15, 0.2) is 0 Å². The van der Waals surface area contributed by atoms with E-state index in [9.17, 15) is 0 Å². The molecular weight excluding hydrogens is 633 g/mol. The molecule has 3 heterocycles. The van der Waals surface area contributed by atoms with Crippen molar-refractivity contribution >= 4 is 65.7 Å². The quantitative estimate of drug-likeness (QED) is 0.199. The van der Waals surface area contributed by atoms with Crippen molar-refractivity contribution in [1.82, 2.24) is 14.5 Å². The van der Waals surface area contributed by atoms with E-state index < -0.39 is 0 Å². The lowest BCUT2D eigenvalue weighted by molar-refractivity contribution is 0.437. The zero-order valence-corrected chi connectivity index (χ0v) is 29.6. The number of fused-ring (bicyclic) bond motifs is 9. The molecule has 8 aromatic rings. The highest BCUT2D eigenvalue weighted by Crippen LogP contribution is 2.50. The molecule has 2 atom stereocenters. The largest absolute Gasteiger partial charge is 0.349 e. The van der Waals surface area contributed by atoms with Gasteiger partial charge in [-0.2, -0.15) is 0 Å². The van der Waals surface area contributed by atoms with Gasteiger partial charge >= 0.3 is 0 Å². The van der Waals surface area contributed by atoms with Crippen LogP contribution in [0.3, 0.4) is 0 Å². The van der Waals surface area contributed by atoms with Crippen LogP contribution in [-0.4, -0.2) is 14.8 Å². The third kappa shape index (κ3) is 3.95. The summed E-state index contributed by atoms with van der Waals surface area (Å²) in [5.74, 6) is 0. The second kappa shape index (κ2) is 10.5. The van der Waals surface area contributed by atoms with Gasteiger partial charge in [-0.15, -0.1) is 0 Å². The number of rotatable bonds is 3. The van der Waals surface area contributed by atoms with Crippen LogP contribution < -0.4 is 5.32 Å². The van der Waals surface area contributed by atoms with Crippen LogP contribution in [0.2, 0.25) is 0 Å². The molecule has 0 fully saturated rings. The number of benzene rings is 6. The van der Waals surface area contributed by atoms with E-state index in [0.717, 1.165) is 17.7 Å². The Kier molecular flexibility index (Phi) is 5.95. The number of aromatic nitrogens is 2. The van der Waals surface area contributed by atoms with Crippen molar-refractivity contribution in [2.24, 2.45) is 4.99 Å². The van der Waals surface area contributed by atoms with E-state index in [1.54, 1.807) is 0 Å². The molecule has 1 N–H and O–H groups in total. The molecule has 250 valence electrons. The Labute approximate surface area is 302 Å². The Morgan fingerprint density at radius 1 is 0.635 bits per heavy atom. The highest BCUT2D eigenvalue weighted by molar-refractivity contribution is 6.35. The molecule has 0 spiro atoms. The number of aliphatic imine (C=N–C) groups is 1. The van der Waals surface area contributed by atoms with Crippen molar-refractivity contribution in [2.45, 2.75) is 44.4 Å². The third-order valence-electron chi connectivity index (χ3n) is 12.0. The van der Waals surface area contributed by atoms with Crippen LogP contribution >= 0.6 is 0 Å². The van der Waals surface area contributed by atoms with Crippen molar-refractivity contribution < 1.29 is 0 Å². The van der Waals surface area contributed by atoms with Crippen molar-refractivity contribution in [3.8, 4) is 0 Å². The summed E-state index contributed by atoms with van der Waals surface area (Å²) >= 11 is 0. The molecule has 52 heavy (non-hydrogen) atoms. The van der Waals surface area contributed by atoms with Crippen LogP contribution in [-0.2, 0) is 11.0 Å². The summed E-state index contributed by atoms with van der Waals surface area (Å²) in [4.78, 5) is 5.78. The van der Waals surface area contributed by atoms with E-state index in [-0.39, 0.29) is 17.2 Å². The molecule has 0 saturated heterocycles. The monoisotopic (exact) mass is 670 g/mol. The molecule has 11 rings (SSSR count). The summed E-state index contributed by atoms with van der Waals surface area (Å²) in [6, 6.07) is 46.9. The normalized spacial score (nSPS) is 20.6. The number of hydrogen-bond acceptors (Lipinski definition) is 2. The maximum absolute atomic E-state index is 5.78. The van der Waals surface area contributed by atoms with Crippen LogP contribution in [0, 0.1) is 0 Å². The summed E-state index contributed by atoms with van der Waals surface area (Å²) in [7, 11) is 0. The van der Waals surface area contributed by atoms with Crippen molar-refractivity contribution in [3.63, 3.8) is 0 Å². The number of para-hydroxylation sites is 2. The fourth-order valence-corrected chi connectivity index (χ4v) is 9.51. The van der Waals surface area contributed by atoms with Gasteiger partial charge in [-0.05, 0) is 65.6 Å². The Hall–Kier alpha value is -6.13. The van der Waals surface area contributed by atoms with E-state index in [4.69, 9.17) is 4.99 Å². The van der Waals surface area contributed by atoms with Gasteiger partial charge in [-0.25, -0.2) is 4.99 Å². The molecule has 0 amide bonds. The minimum atomic E-state index is -0.351. The van der Waals surface area contributed by atoms with Crippen molar-refractivity contribution in [1.29, 1.82) is 0 Å². The lowest BCUT2D eigenvalue weighted by atomic mass is 9.84. The highest BCUT2D eigenvalue weighted by atomic mass is 15.3. The molecule has 2 aromatic heterocycles. The standard InChI is InChI=1S/C48H38N4/c1-47(2)38-20-10-7-19-36(38)43-44(32-23-24-35-33-17-9-12-22-40(33)52(42(35)29-32)48(3)25-13-4-14-26-48)49-46(50-45(43)47)51-39-21-11-8-18-34(39)37-27-30-15-5-6-16-31(30)28-41(37)51/h4-25,27-29,46,50H,26H2,1-3H3/t46?,48-/m1/s1. The second-order valence-electron chi connectivity index (χ2n) is 15.5. The predicted octanol–water partition coefficient (Wildman–Crippen LogP) is 11.5. The number of allylic oxidation sites excluding steroid dienone is 6. The van der Waals surface area contributed by atoms with Crippen LogP contribution in [0.25, 0.3) is 60.0 Å². The Morgan fingerprint density at radius 2 is 1.33 bits per heavy atom. The predicted molar refractivity (Wildman–Crippen MR) is 218 cm³/mol. The van der Waals surface area contributed by atoms with Crippen LogP contribution in [0.1, 0.15) is 50.2 Å². The van der Waals surface area contributed by atoms with E-state index in [0.29, 0.717) is 0 Å². The Balaban J connectivity index is 1.20. The minimum Gasteiger partial charge on any atom is -0.349 e. The minimum absolute atomic E-state index is 0.189. The fourth-order valence-electron chi connectivity index (χ4n) is 9.51. The Bertz CT molecular complexity index is 2960. The molecular formula is C48H38N4. The number of hydrogen-bond donors (Lipinski definition) is 1. The molecule has 0 saturated carbocycles. The fraction of sp³-hybridized carbons (Fsp3) is 0.146. The van der Waals surface area contributed by atoms with Crippen LogP contribution in [0.4, 0.5) is 0 Å². The van der Waals surface area contributed by atoms with E-state index in [2.05, 4.69) is 187 Å². The van der Waals surface area contributed by atoms with Crippen LogP contribution in [0.15, 0.2) is 162 Å². The van der Waals surface area contributed by atoms with Gasteiger partial charge < -0.3 is 14.5 Å². The first-order chi connectivity index (χ1) is 25.4. The van der Waals surface area contributed by atoms with Crippen LogP contribution in [0.5, 0.6) is 0 Å². The molecule has 1 aliphatic heterocycles. The summed E-state index contributed by atoms with van der Waals surface area (Å²) in [6.07, 6.45) is 9.58. The maximum atomic E-state index is 5.78. The van der Waals surface area contributed by atoms with Crippen molar-refractivity contribution in [3.05, 3.63) is 174 Å². The third-order valence-corrected chi connectivity index (χ3v) is 12.0. The first kappa shape index (κ1) is 29.6. The molecule has 0 radical (unpaired) electrons. The van der Waals surface area contributed by atoms with E-state index in [1.807, 2.05) is 0 Å². The topological polar surface area (TPSA) is 34.2 Å². The number of nitrogens with zero attached hydrogens (tertiary/aromatic N) is 3. The van der Waals surface area contributed by atoms with Crippen molar-refractivity contribution in [2.75, 3.05) is 0 Å². The smallest absolute Gasteiger partial charge is 0.201 e. The average molecular weight is 671 g/mol. The van der Waals surface area contributed by atoms with Gasteiger partial charge in [0.25, 0.3) is 0 Å². The summed E-state index contributed by atoms with van der Waals surface area (Å²) < 4.78 is 4.98. The van der Waals surface area contributed by atoms with Gasteiger partial charge in [0.05, 0.1) is 27.8 Å². The second-order valence-corrected chi connectivity index (χ2v) is 15.5. The molecule has 3 aliphatic rings. The molecule has 2 aliphatic carbocycles. The lowest BCUT2D eigenvalue weighted by Gasteiger charge is -2.33. The van der Waals surface area contributed by atoms with Gasteiger partial charge in [0, 0.05) is 49.3 Å². The maximum Gasteiger partial charge on any atom is 0.201 e. The highest BCUT2D eigenvalue weighted by Gasteiger charge is 2.43. The van der Waals surface area contributed by atoms with E-state index >= 15 is 0 Å². The molecule has 0 bridgehead atoms. The Morgan fingerprint density at radius 3 is 2.13 bits per heavy atom. The van der Waals surface area contributed by atoms with Gasteiger partial charge in [0.1, 0.15) is 0 Å². The number of nitrogens with one attached hydrogen (secondary N) is 1. The SMILES string of the molecule is CC1(C)C2=C(C(c3ccc4c5ccccc5n([C@]5(C)C=CC=CC5)c4c3)=NC(n3c4ccccc4c4cc5ccccc5cc43)N2)c2ccccc21. The zero-order valence-electron chi connectivity index (χ0n) is 29.6. The first-order valence-corrected chi connectivity index (χ1v) is 18.4. The summed E-state index contributed by atoms with van der Waals surface area (Å²) in [5.41, 5.74) is 11.6. The first-order valence-electron chi connectivity index (χ1n) is 18.4. The van der Waals surface area contributed by atoms with Gasteiger partial charge in [0.2, 0.25) is 6.29 Å². The molecule has 1 unspecified atom stereocenters. The average Bonchev–Trinajstić information content (AvgIpc) is 3.77. The van der Waals surface area contributed by atoms with E-state index in [1.165, 1.54) is 76.8 Å². The summed E-state index contributed by atoms with van der Waals surface area (Å²) in [6.45, 7) is 7.06.